The monoisotopic (exact) mass is 185 g/mol. The second kappa shape index (κ2) is 3.58. The molecule has 1 aliphatic heterocycles. The lowest BCUT2D eigenvalue weighted by molar-refractivity contribution is 0.341. The Morgan fingerprint density at radius 1 is 1.46 bits per heavy atom. The van der Waals surface area contributed by atoms with E-state index in [0.29, 0.717) is 19.4 Å². The molecule has 1 saturated heterocycles. The minimum atomic E-state index is -0.757. The summed E-state index contributed by atoms with van der Waals surface area (Å²) in [7, 11) is 0. The molecule has 3 atom stereocenters. The first-order valence-electron chi connectivity index (χ1n) is 4.66. The summed E-state index contributed by atoms with van der Waals surface area (Å²) in [5, 5.41) is 3.08. The SMILES string of the molecule is FC1=CC=CC([C@@H]2C[C@@H](F)CN2)C1. The van der Waals surface area contributed by atoms with Crippen molar-refractivity contribution in [3.63, 3.8) is 0 Å². The molecule has 0 bridgehead atoms. The van der Waals surface area contributed by atoms with E-state index in [1.54, 1.807) is 6.08 Å². The molecule has 1 nitrogen and oxygen atoms in total. The topological polar surface area (TPSA) is 12.0 Å². The summed E-state index contributed by atoms with van der Waals surface area (Å²) in [5.74, 6) is 0.0300. The molecule has 13 heavy (non-hydrogen) atoms. The first kappa shape index (κ1) is 8.88. The summed E-state index contributed by atoms with van der Waals surface area (Å²) in [6, 6.07) is 0.116. The van der Waals surface area contributed by atoms with E-state index in [-0.39, 0.29) is 17.8 Å². The third-order valence-corrected chi connectivity index (χ3v) is 2.69. The molecule has 72 valence electrons. The van der Waals surface area contributed by atoms with Crippen LogP contribution in [0.1, 0.15) is 12.8 Å². The van der Waals surface area contributed by atoms with Crippen LogP contribution in [0.25, 0.3) is 0 Å². The summed E-state index contributed by atoms with van der Waals surface area (Å²) in [6.07, 6.45) is 5.32. The molecule has 0 radical (unpaired) electrons. The van der Waals surface area contributed by atoms with Crippen molar-refractivity contribution < 1.29 is 8.78 Å². The predicted octanol–water partition coefficient (Wildman–Crippen LogP) is 2.12. The average Bonchev–Trinajstić information content (AvgIpc) is 2.52. The van der Waals surface area contributed by atoms with Gasteiger partial charge in [-0.25, -0.2) is 8.78 Å². The van der Waals surface area contributed by atoms with Crippen molar-refractivity contribution >= 4 is 0 Å². The van der Waals surface area contributed by atoms with Gasteiger partial charge < -0.3 is 5.32 Å². The largest absolute Gasteiger partial charge is 0.310 e. The van der Waals surface area contributed by atoms with Gasteiger partial charge in [0.1, 0.15) is 12.0 Å². The van der Waals surface area contributed by atoms with Crippen LogP contribution in [-0.4, -0.2) is 18.8 Å². The molecule has 0 aromatic carbocycles. The van der Waals surface area contributed by atoms with Crippen molar-refractivity contribution in [1.82, 2.24) is 5.32 Å². The van der Waals surface area contributed by atoms with Gasteiger partial charge in [-0.2, -0.15) is 0 Å². The zero-order valence-electron chi connectivity index (χ0n) is 7.34. The number of rotatable bonds is 1. The van der Waals surface area contributed by atoms with Crippen LogP contribution < -0.4 is 5.32 Å². The number of alkyl halides is 1. The van der Waals surface area contributed by atoms with Crippen LogP contribution >= 0.6 is 0 Å². The van der Waals surface area contributed by atoms with E-state index in [9.17, 15) is 8.78 Å². The highest BCUT2D eigenvalue weighted by Gasteiger charge is 2.30. The Kier molecular flexibility index (Phi) is 2.44. The summed E-state index contributed by atoms with van der Waals surface area (Å²) < 4.78 is 25.7. The lowest BCUT2D eigenvalue weighted by Gasteiger charge is -2.21. The molecule has 1 heterocycles. The number of halogens is 2. The zero-order chi connectivity index (χ0) is 9.26. The third-order valence-electron chi connectivity index (χ3n) is 2.69. The van der Waals surface area contributed by atoms with Crippen LogP contribution in [-0.2, 0) is 0 Å². The minimum Gasteiger partial charge on any atom is -0.310 e. The van der Waals surface area contributed by atoms with Crippen molar-refractivity contribution in [2.45, 2.75) is 25.1 Å². The highest BCUT2D eigenvalue weighted by atomic mass is 19.1. The van der Waals surface area contributed by atoms with Crippen LogP contribution in [0, 0.1) is 5.92 Å². The van der Waals surface area contributed by atoms with Crippen LogP contribution in [0.2, 0.25) is 0 Å². The van der Waals surface area contributed by atoms with E-state index >= 15 is 0 Å². The maximum Gasteiger partial charge on any atom is 0.114 e. The normalized spacial score (nSPS) is 39.2. The predicted molar refractivity (Wildman–Crippen MR) is 47.7 cm³/mol. The van der Waals surface area contributed by atoms with Crippen molar-refractivity contribution in [1.29, 1.82) is 0 Å². The summed E-state index contributed by atoms with van der Waals surface area (Å²) in [6.45, 7) is 0.417. The second-order valence-corrected chi connectivity index (χ2v) is 3.71. The Morgan fingerprint density at radius 3 is 2.92 bits per heavy atom. The Morgan fingerprint density at radius 2 is 2.31 bits per heavy atom. The van der Waals surface area contributed by atoms with Gasteiger partial charge in [0.05, 0.1) is 0 Å². The fourth-order valence-electron chi connectivity index (χ4n) is 1.99. The van der Waals surface area contributed by atoms with Crippen LogP contribution in [0.4, 0.5) is 8.78 Å². The fraction of sp³-hybridized carbons (Fsp3) is 0.600. The van der Waals surface area contributed by atoms with E-state index in [1.807, 2.05) is 6.08 Å². The smallest absolute Gasteiger partial charge is 0.114 e. The van der Waals surface area contributed by atoms with Gasteiger partial charge in [0, 0.05) is 19.0 Å². The molecule has 0 aromatic heterocycles. The lowest BCUT2D eigenvalue weighted by Crippen LogP contribution is -2.29. The highest BCUT2D eigenvalue weighted by molar-refractivity contribution is 5.17. The van der Waals surface area contributed by atoms with E-state index in [2.05, 4.69) is 5.32 Å². The molecule has 2 aliphatic rings. The third kappa shape index (κ3) is 1.97. The fourth-order valence-corrected chi connectivity index (χ4v) is 1.99. The summed E-state index contributed by atoms with van der Waals surface area (Å²) >= 11 is 0. The minimum absolute atomic E-state index is 0.100. The van der Waals surface area contributed by atoms with Crippen molar-refractivity contribution in [2.24, 2.45) is 5.92 Å². The molecular weight excluding hydrogens is 172 g/mol. The molecule has 0 spiro atoms. The van der Waals surface area contributed by atoms with Gasteiger partial charge in [0.2, 0.25) is 0 Å². The second-order valence-electron chi connectivity index (χ2n) is 3.71. The van der Waals surface area contributed by atoms with Crippen molar-refractivity contribution in [3.8, 4) is 0 Å². The van der Waals surface area contributed by atoms with Crippen molar-refractivity contribution in [2.75, 3.05) is 6.54 Å². The van der Waals surface area contributed by atoms with Crippen LogP contribution in [0.15, 0.2) is 24.1 Å². The van der Waals surface area contributed by atoms with E-state index in [0.717, 1.165) is 0 Å². The van der Waals surface area contributed by atoms with Gasteiger partial charge in [0.15, 0.2) is 0 Å². The van der Waals surface area contributed by atoms with Gasteiger partial charge in [0.25, 0.3) is 0 Å². The quantitative estimate of drug-likeness (QED) is 0.659. The average molecular weight is 185 g/mol. The highest BCUT2D eigenvalue weighted by Crippen LogP contribution is 2.27. The first-order valence-corrected chi connectivity index (χ1v) is 4.66. The molecular formula is C10H13F2N. The first-order chi connectivity index (χ1) is 6.25. The Hall–Kier alpha value is -0.700. The maximum atomic E-state index is 12.9. The molecule has 1 fully saturated rings. The summed E-state index contributed by atoms with van der Waals surface area (Å²) in [4.78, 5) is 0. The molecule has 0 amide bonds. The van der Waals surface area contributed by atoms with E-state index in [4.69, 9.17) is 0 Å². The van der Waals surface area contributed by atoms with Gasteiger partial charge in [-0.3, -0.25) is 0 Å². The van der Waals surface area contributed by atoms with E-state index in [1.165, 1.54) is 6.08 Å². The Labute approximate surface area is 76.5 Å². The zero-order valence-corrected chi connectivity index (χ0v) is 7.34. The molecule has 0 saturated carbocycles. The number of allylic oxidation sites excluding steroid dienone is 3. The van der Waals surface area contributed by atoms with Gasteiger partial charge >= 0.3 is 0 Å². The molecule has 1 N–H and O–H groups in total. The van der Waals surface area contributed by atoms with Crippen LogP contribution in [0.3, 0.4) is 0 Å². The van der Waals surface area contributed by atoms with E-state index < -0.39 is 6.17 Å². The molecule has 1 aliphatic carbocycles. The standard InChI is InChI=1S/C10H13F2N/c11-8-3-1-2-7(4-8)10-5-9(12)6-13-10/h1-3,7,9-10,13H,4-6H2/t7?,9-,10+/m1/s1. The number of hydrogen-bond acceptors (Lipinski definition) is 1. The van der Waals surface area contributed by atoms with Crippen molar-refractivity contribution in [3.05, 3.63) is 24.1 Å². The number of nitrogens with one attached hydrogen (secondary N) is 1. The van der Waals surface area contributed by atoms with Crippen LogP contribution in [0.5, 0.6) is 0 Å². The lowest BCUT2D eigenvalue weighted by atomic mass is 9.91. The maximum absolute atomic E-state index is 12.9. The van der Waals surface area contributed by atoms with Gasteiger partial charge in [-0.05, 0) is 18.4 Å². The Balaban J connectivity index is 1.96. The molecule has 2 rings (SSSR count). The van der Waals surface area contributed by atoms with Gasteiger partial charge in [-0.15, -0.1) is 0 Å². The Bertz CT molecular complexity index is 247. The number of hydrogen-bond donors (Lipinski definition) is 1. The summed E-state index contributed by atoms with van der Waals surface area (Å²) in [5.41, 5.74) is 0. The molecule has 0 aromatic rings. The molecule has 1 unspecified atom stereocenters. The molecule has 3 heteroatoms. The van der Waals surface area contributed by atoms with Gasteiger partial charge in [-0.1, -0.05) is 12.2 Å².